The number of hydrogen-bond donors (Lipinski definition) is 0. The van der Waals surface area contributed by atoms with Crippen molar-refractivity contribution in [2.24, 2.45) is 4.99 Å². The van der Waals surface area contributed by atoms with Gasteiger partial charge in [0.1, 0.15) is 5.75 Å². The Hall–Kier alpha value is -2.59. The highest BCUT2D eigenvalue weighted by molar-refractivity contribution is 7.09. The van der Waals surface area contributed by atoms with Crippen molar-refractivity contribution in [2.75, 3.05) is 7.11 Å². The topological polar surface area (TPSA) is 26.5 Å². The molecule has 0 saturated heterocycles. The van der Waals surface area contributed by atoms with Crippen molar-refractivity contribution in [1.29, 1.82) is 0 Å². The SMILES string of the molecule is C=CCn1c(-c2ccc(OC)cc2)c(C)sc1=Nc1ccc(C)cc1. The van der Waals surface area contributed by atoms with Gasteiger partial charge in [-0.1, -0.05) is 23.8 Å². The number of thiazole rings is 1. The number of benzene rings is 2. The van der Waals surface area contributed by atoms with Crippen molar-refractivity contribution in [2.45, 2.75) is 20.4 Å². The average Bonchev–Trinajstić information content (AvgIpc) is 2.92. The minimum atomic E-state index is 0.719. The number of aryl methyl sites for hydroxylation is 2. The van der Waals surface area contributed by atoms with E-state index in [2.05, 4.69) is 61.4 Å². The first kappa shape index (κ1) is 17.2. The number of methoxy groups -OCH3 is 1. The first-order chi connectivity index (χ1) is 12.1. The molecular formula is C21H22N2OS. The Kier molecular flexibility index (Phi) is 5.19. The van der Waals surface area contributed by atoms with Crippen molar-refractivity contribution in [3.05, 3.63) is 76.4 Å². The molecule has 0 fully saturated rings. The molecule has 0 atom stereocenters. The minimum Gasteiger partial charge on any atom is -0.497 e. The van der Waals surface area contributed by atoms with E-state index in [1.165, 1.54) is 16.1 Å². The molecule has 25 heavy (non-hydrogen) atoms. The zero-order valence-electron chi connectivity index (χ0n) is 14.8. The molecule has 0 unspecified atom stereocenters. The maximum absolute atomic E-state index is 5.27. The molecule has 0 radical (unpaired) electrons. The van der Waals surface area contributed by atoms with Gasteiger partial charge < -0.3 is 9.30 Å². The molecule has 1 heterocycles. The van der Waals surface area contributed by atoms with Crippen molar-refractivity contribution < 1.29 is 4.74 Å². The Morgan fingerprint density at radius 1 is 1.08 bits per heavy atom. The van der Waals surface area contributed by atoms with Crippen LogP contribution < -0.4 is 9.54 Å². The molecule has 0 aliphatic heterocycles. The molecule has 128 valence electrons. The van der Waals surface area contributed by atoms with Gasteiger partial charge in [-0.15, -0.1) is 17.9 Å². The Morgan fingerprint density at radius 2 is 1.76 bits per heavy atom. The highest BCUT2D eigenvalue weighted by Gasteiger charge is 2.12. The van der Waals surface area contributed by atoms with Crippen LogP contribution in [0.5, 0.6) is 5.75 Å². The van der Waals surface area contributed by atoms with Crippen molar-refractivity contribution >= 4 is 17.0 Å². The van der Waals surface area contributed by atoms with Crippen LogP contribution in [-0.4, -0.2) is 11.7 Å². The lowest BCUT2D eigenvalue weighted by atomic mass is 10.1. The van der Waals surface area contributed by atoms with Crippen LogP contribution in [0.25, 0.3) is 11.3 Å². The summed E-state index contributed by atoms with van der Waals surface area (Å²) in [7, 11) is 1.68. The van der Waals surface area contributed by atoms with Crippen LogP contribution in [0.3, 0.4) is 0 Å². The number of aromatic nitrogens is 1. The second-order valence-corrected chi connectivity index (χ2v) is 7.05. The van der Waals surface area contributed by atoms with Gasteiger partial charge in [0.25, 0.3) is 0 Å². The van der Waals surface area contributed by atoms with E-state index in [0.717, 1.165) is 28.3 Å². The maximum Gasteiger partial charge on any atom is 0.190 e. The maximum atomic E-state index is 5.27. The third-order valence-corrected chi connectivity index (χ3v) is 5.01. The molecule has 3 rings (SSSR count). The Labute approximate surface area is 152 Å². The highest BCUT2D eigenvalue weighted by atomic mass is 32.1. The molecule has 1 aromatic heterocycles. The van der Waals surface area contributed by atoms with Crippen LogP contribution in [-0.2, 0) is 6.54 Å². The third kappa shape index (κ3) is 3.74. The smallest absolute Gasteiger partial charge is 0.190 e. The normalized spacial score (nSPS) is 11.6. The molecule has 0 aliphatic rings. The Bertz CT molecular complexity index is 932. The molecule has 3 aromatic rings. The fraction of sp³-hybridized carbons (Fsp3) is 0.190. The second-order valence-electron chi connectivity index (χ2n) is 5.86. The molecule has 0 bridgehead atoms. The van der Waals surface area contributed by atoms with Crippen LogP contribution in [0.4, 0.5) is 5.69 Å². The van der Waals surface area contributed by atoms with Gasteiger partial charge in [0.05, 0.1) is 18.5 Å². The number of nitrogens with zero attached hydrogens (tertiary/aromatic N) is 2. The van der Waals surface area contributed by atoms with E-state index in [9.17, 15) is 0 Å². The molecule has 4 heteroatoms. The number of hydrogen-bond acceptors (Lipinski definition) is 3. The summed E-state index contributed by atoms with van der Waals surface area (Å²) in [6.07, 6.45) is 1.91. The summed E-state index contributed by atoms with van der Waals surface area (Å²) >= 11 is 1.70. The average molecular weight is 350 g/mol. The first-order valence-electron chi connectivity index (χ1n) is 8.19. The van der Waals surface area contributed by atoms with Crippen LogP contribution in [0, 0.1) is 13.8 Å². The van der Waals surface area contributed by atoms with Crippen LogP contribution in [0.1, 0.15) is 10.4 Å². The summed E-state index contributed by atoms with van der Waals surface area (Å²) in [6, 6.07) is 16.4. The molecule has 3 nitrogen and oxygen atoms in total. The molecule has 0 saturated carbocycles. The predicted octanol–water partition coefficient (Wildman–Crippen LogP) is 5.26. The van der Waals surface area contributed by atoms with Crippen molar-refractivity contribution in [3.63, 3.8) is 0 Å². The van der Waals surface area contributed by atoms with Gasteiger partial charge in [0.15, 0.2) is 4.80 Å². The molecule has 0 aliphatic carbocycles. The van der Waals surface area contributed by atoms with E-state index in [0.29, 0.717) is 0 Å². The quantitative estimate of drug-likeness (QED) is 0.577. The lowest BCUT2D eigenvalue weighted by Crippen LogP contribution is -2.14. The van der Waals surface area contributed by atoms with E-state index >= 15 is 0 Å². The largest absolute Gasteiger partial charge is 0.497 e. The lowest BCUT2D eigenvalue weighted by molar-refractivity contribution is 0.415. The minimum absolute atomic E-state index is 0.719. The first-order valence-corrected chi connectivity index (χ1v) is 9.01. The van der Waals surface area contributed by atoms with Gasteiger partial charge in [0, 0.05) is 11.4 Å². The van der Waals surface area contributed by atoms with Gasteiger partial charge in [-0.3, -0.25) is 0 Å². The van der Waals surface area contributed by atoms with Crippen molar-refractivity contribution in [1.82, 2.24) is 4.57 Å². The highest BCUT2D eigenvalue weighted by Crippen LogP contribution is 2.27. The van der Waals surface area contributed by atoms with Crippen LogP contribution in [0.15, 0.2) is 66.2 Å². The number of ether oxygens (including phenoxy) is 1. The fourth-order valence-corrected chi connectivity index (χ4v) is 3.77. The fourth-order valence-electron chi connectivity index (χ4n) is 2.75. The summed E-state index contributed by atoms with van der Waals surface area (Å²) in [4.78, 5) is 7.06. The molecular weight excluding hydrogens is 328 g/mol. The van der Waals surface area contributed by atoms with Gasteiger partial charge in [0.2, 0.25) is 0 Å². The zero-order valence-corrected chi connectivity index (χ0v) is 15.6. The summed E-state index contributed by atoms with van der Waals surface area (Å²) in [6.45, 7) is 8.85. The summed E-state index contributed by atoms with van der Waals surface area (Å²) in [5, 5.41) is 0. The summed E-state index contributed by atoms with van der Waals surface area (Å²) in [5.74, 6) is 0.858. The second kappa shape index (κ2) is 7.53. The lowest BCUT2D eigenvalue weighted by Gasteiger charge is -2.09. The Morgan fingerprint density at radius 3 is 2.36 bits per heavy atom. The van der Waals surface area contributed by atoms with Gasteiger partial charge in [-0.05, 0) is 55.8 Å². The predicted molar refractivity (Wildman–Crippen MR) is 106 cm³/mol. The molecule has 0 amide bonds. The van der Waals surface area contributed by atoms with Crippen molar-refractivity contribution in [3.8, 4) is 17.0 Å². The van der Waals surface area contributed by atoms with Gasteiger partial charge in [-0.25, -0.2) is 4.99 Å². The van der Waals surface area contributed by atoms with E-state index < -0.39 is 0 Å². The standard InChI is InChI=1S/C21H22N2OS/c1-5-14-23-20(17-8-12-19(24-4)13-9-17)16(3)25-21(23)22-18-10-6-15(2)7-11-18/h5-13H,1,14H2,2-4H3. The molecule has 2 aromatic carbocycles. The van der Waals surface area contributed by atoms with E-state index in [4.69, 9.17) is 9.73 Å². The van der Waals surface area contributed by atoms with E-state index in [1.54, 1.807) is 18.4 Å². The van der Waals surface area contributed by atoms with Crippen LogP contribution >= 0.6 is 11.3 Å². The Balaban J connectivity index is 2.14. The van der Waals surface area contributed by atoms with Gasteiger partial charge in [-0.2, -0.15) is 0 Å². The molecule has 0 spiro atoms. The zero-order chi connectivity index (χ0) is 17.8. The van der Waals surface area contributed by atoms with Crippen LogP contribution in [0.2, 0.25) is 0 Å². The van der Waals surface area contributed by atoms with E-state index in [1.807, 2.05) is 18.2 Å². The monoisotopic (exact) mass is 350 g/mol. The van der Waals surface area contributed by atoms with E-state index in [-0.39, 0.29) is 0 Å². The summed E-state index contributed by atoms with van der Waals surface area (Å²) < 4.78 is 7.48. The molecule has 0 N–H and O–H groups in total. The van der Waals surface area contributed by atoms with Gasteiger partial charge >= 0.3 is 0 Å². The third-order valence-electron chi connectivity index (χ3n) is 4.01. The summed E-state index contributed by atoms with van der Waals surface area (Å²) in [5.41, 5.74) is 4.53. The number of rotatable bonds is 5. The number of allylic oxidation sites excluding steroid dienone is 1.